The van der Waals surface area contributed by atoms with E-state index in [9.17, 15) is 10.1 Å². The maximum atomic E-state index is 12.1. The molecule has 4 heteroatoms. The smallest absolute Gasteiger partial charge is 0.311 e. The van der Waals surface area contributed by atoms with Crippen LogP contribution in [0.4, 0.5) is 0 Å². The molecule has 2 rings (SSSR count). The zero-order chi connectivity index (χ0) is 23.7. The molecule has 33 heavy (non-hydrogen) atoms. The first kappa shape index (κ1) is 26.2. The lowest BCUT2D eigenvalue weighted by molar-refractivity contribution is -0.134. The third-order valence-corrected chi connectivity index (χ3v) is 5.46. The van der Waals surface area contributed by atoms with Gasteiger partial charge in [-0.15, -0.1) is 0 Å². The lowest BCUT2D eigenvalue weighted by atomic mass is 10.0. The van der Waals surface area contributed by atoms with E-state index >= 15 is 0 Å². The molecule has 4 nitrogen and oxygen atoms in total. The van der Waals surface area contributed by atoms with Crippen LogP contribution in [0.2, 0.25) is 0 Å². The number of ether oxygens (including phenoxy) is 2. The Morgan fingerprint density at radius 1 is 0.818 bits per heavy atom. The summed E-state index contributed by atoms with van der Waals surface area (Å²) in [5.41, 5.74) is 2.27. The molecule has 0 aliphatic rings. The summed E-state index contributed by atoms with van der Waals surface area (Å²) in [5.74, 6) is 1.15. The van der Waals surface area contributed by atoms with Gasteiger partial charge < -0.3 is 9.47 Å². The van der Waals surface area contributed by atoms with Crippen molar-refractivity contribution in [2.24, 2.45) is 0 Å². The Labute approximate surface area is 199 Å². The molecule has 0 amide bonds. The molecular weight excluding hydrogens is 410 g/mol. The molecule has 0 unspecified atom stereocenters. The molecule has 0 spiro atoms. The van der Waals surface area contributed by atoms with Crippen molar-refractivity contribution < 1.29 is 14.3 Å². The van der Waals surface area contributed by atoms with E-state index in [-0.39, 0.29) is 5.97 Å². The molecule has 0 bridgehead atoms. The van der Waals surface area contributed by atoms with E-state index in [4.69, 9.17) is 9.47 Å². The Morgan fingerprint density at radius 3 is 2.06 bits per heavy atom. The summed E-state index contributed by atoms with van der Waals surface area (Å²) in [6, 6.07) is 17.1. The lowest BCUT2D eigenvalue weighted by Crippen LogP contribution is -2.07. The molecule has 0 atom stereocenters. The zero-order valence-electron chi connectivity index (χ0n) is 20.1. The molecule has 0 radical (unpaired) electrons. The summed E-state index contributed by atoms with van der Waals surface area (Å²) in [4.78, 5) is 12.1. The van der Waals surface area contributed by atoms with Crippen molar-refractivity contribution in [1.29, 1.82) is 5.26 Å². The minimum absolute atomic E-state index is 0.200. The number of carbonyl (C=O) groups excluding carboxylic acids is 1. The third kappa shape index (κ3) is 10.4. The highest BCUT2D eigenvalue weighted by Gasteiger charge is 2.07. The topological polar surface area (TPSA) is 59.3 Å². The fourth-order valence-electron chi connectivity index (χ4n) is 3.45. The van der Waals surface area contributed by atoms with Crippen molar-refractivity contribution in [2.75, 3.05) is 6.61 Å². The maximum absolute atomic E-state index is 12.1. The standard InChI is InChI=1S/C29H37NO3/c1-3-5-7-8-9-10-11-12-29(31)33-28-19-15-25(16-20-28)26(23-30)22-24-13-17-27(18-14-24)32-21-6-4-2/h13-20,22H,3-12,21H2,1-2H3. The summed E-state index contributed by atoms with van der Waals surface area (Å²) in [5, 5.41) is 9.61. The molecule has 2 aromatic rings. The lowest BCUT2D eigenvalue weighted by Gasteiger charge is -2.07. The van der Waals surface area contributed by atoms with Crippen molar-refractivity contribution in [3.63, 3.8) is 0 Å². The number of nitriles is 1. The number of allylic oxidation sites excluding steroid dienone is 1. The Balaban J connectivity index is 1.84. The van der Waals surface area contributed by atoms with Gasteiger partial charge in [0.1, 0.15) is 11.5 Å². The van der Waals surface area contributed by atoms with Gasteiger partial charge in [-0.2, -0.15) is 5.26 Å². The second-order valence-corrected chi connectivity index (χ2v) is 8.31. The highest BCUT2D eigenvalue weighted by atomic mass is 16.5. The van der Waals surface area contributed by atoms with E-state index in [0.29, 0.717) is 24.4 Å². The molecule has 0 N–H and O–H groups in total. The van der Waals surface area contributed by atoms with Crippen molar-refractivity contribution in [2.45, 2.75) is 78.1 Å². The largest absolute Gasteiger partial charge is 0.494 e. The molecule has 0 fully saturated rings. The van der Waals surface area contributed by atoms with Crippen molar-refractivity contribution in [1.82, 2.24) is 0 Å². The molecule has 0 aliphatic carbocycles. The van der Waals surface area contributed by atoms with Crippen LogP contribution in [0.15, 0.2) is 48.5 Å². The average molecular weight is 448 g/mol. The van der Waals surface area contributed by atoms with Gasteiger partial charge in [0.25, 0.3) is 0 Å². The molecular formula is C29H37NO3. The van der Waals surface area contributed by atoms with Crippen LogP contribution in [-0.4, -0.2) is 12.6 Å². The average Bonchev–Trinajstić information content (AvgIpc) is 2.83. The molecule has 0 heterocycles. The van der Waals surface area contributed by atoms with Crippen LogP contribution < -0.4 is 9.47 Å². The third-order valence-electron chi connectivity index (χ3n) is 5.46. The summed E-state index contributed by atoms with van der Waals surface area (Å²) in [6.07, 6.45) is 12.6. The highest BCUT2D eigenvalue weighted by Crippen LogP contribution is 2.22. The summed E-state index contributed by atoms with van der Waals surface area (Å²) in [6.45, 7) is 5.06. The number of rotatable bonds is 15. The molecule has 176 valence electrons. The summed E-state index contributed by atoms with van der Waals surface area (Å²) >= 11 is 0. The van der Waals surface area contributed by atoms with Crippen molar-refractivity contribution in [3.8, 4) is 17.6 Å². The predicted molar refractivity (Wildman–Crippen MR) is 135 cm³/mol. The van der Waals surface area contributed by atoms with Gasteiger partial charge in [-0.3, -0.25) is 4.79 Å². The van der Waals surface area contributed by atoms with Gasteiger partial charge in [-0.25, -0.2) is 0 Å². The monoisotopic (exact) mass is 447 g/mol. The number of benzene rings is 2. The minimum Gasteiger partial charge on any atom is -0.494 e. The van der Waals surface area contributed by atoms with Gasteiger partial charge in [0.2, 0.25) is 0 Å². The van der Waals surface area contributed by atoms with Gasteiger partial charge in [0.05, 0.1) is 18.2 Å². The van der Waals surface area contributed by atoms with Crippen LogP contribution in [0.25, 0.3) is 11.6 Å². The number of unbranched alkanes of at least 4 members (excludes halogenated alkanes) is 7. The van der Waals surface area contributed by atoms with Crippen LogP contribution in [0.1, 0.15) is 89.2 Å². The van der Waals surface area contributed by atoms with E-state index < -0.39 is 0 Å². The normalized spacial score (nSPS) is 11.1. The van der Waals surface area contributed by atoms with E-state index in [2.05, 4.69) is 19.9 Å². The number of hydrogen-bond donors (Lipinski definition) is 0. The van der Waals surface area contributed by atoms with E-state index in [1.807, 2.05) is 42.5 Å². The second kappa shape index (κ2) is 15.7. The van der Waals surface area contributed by atoms with Gasteiger partial charge in [-0.05, 0) is 66.4 Å². The Kier molecular flexibility index (Phi) is 12.5. The molecule has 0 aromatic heterocycles. The van der Waals surface area contributed by atoms with Crippen LogP contribution in [0.5, 0.6) is 11.5 Å². The highest BCUT2D eigenvalue weighted by molar-refractivity contribution is 5.89. The fraction of sp³-hybridized carbons (Fsp3) is 0.448. The number of carbonyl (C=O) groups is 1. The first-order valence-electron chi connectivity index (χ1n) is 12.3. The Hall–Kier alpha value is -3.06. The minimum atomic E-state index is -0.200. The second-order valence-electron chi connectivity index (χ2n) is 8.31. The summed E-state index contributed by atoms with van der Waals surface area (Å²) < 4.78 is 11.1. The zero-order valence-corrected chi connectivity index (χ0v) is 20.1. The van der Waals surface area contributed by atoms with Crippen LogP contribution >= 0.6 is 0 Å². The fourth-order valence-corrected chi connectivity index (χ4v) is 3.45. The first-order valence-corrected chi connectivity index (χ1v) is 12.3. The maximum Gasteiger partial charge on any atom is 0.311 e. The molecule has 0 saturated carbocycles. The number of nitrogens with zero attached hydrogens (tertiary/aromatic N) is 1. The van der Waals surface area contributed by atoms with Crippen molar-refractivity contribution in [3.05, 3.63) is 59.7 Å². The van der Waals surface area contributed by atoms with E-state index in [0.717, 1.165) is 42.6 Å². The van der Waals surface area contributed by atoms with Gasteiger partial charge in [0.15, 0.2) is 0 Å². The number of hydrogen-bond acceptors (Lipinski definition) is 4. The van der Waals surface area contributed by atoms with Gasteiger partial charge in [0, 0.05) is 6.42 Å². The van der Waals surface area contributed by atoms with Crippen LogP contribution in [0.3, 0.4) is 0 Å². The first-order chi connectivity index (χ1) is 16.2. The molecule has 2 aromatic carbocycles. The van der Waals surface area contributed by atoms with Gasteiger partial charge >= 0.3 is 5.97 Å². The van der Waals surface area contributed by atoms with Crippen LogP contribution in [-0.2, 0) is 4.79 Å². The Morgan fingerprint density at radius 2 is 1.42 bits per heavy atom. The summed E-state index contributed by atoms with van der Waals surface area (Å²) in [7, 11) is 0. The Bertz CT molecular complexity index is 892. The number of esters is 1. The SMILES string of the molecule is CCCCCCCCCC(=O)Oc1ccc(C(C#N)=Cc2ccc(OCCCC)cc2)cc1. The van der Waals surface area contributed by atoms with E-state index in [1.54, 1.807) is 12.1 Å². The predicted octanol–water partition coefficient (Wildman–Crippen LogP) is 7.98. The van der Waals surface area contributed by atoms with Crippen LogP contribution in [0, 0.1) is 11.3 Å². The molecule has 0 saturated heterocycles. The van der Waals surface area contributed by atoms with Gasteiger partial charge in [-0.1, -0.05) is 70.9 Å². The quantitative estimate of drug-likeness (QED) is 0.0913. The molecule has 0 aliphatic heterocycles. The van der Waals surface area contributed by atoms with Crippen molar-refractivity contribution >= 4 is 17.6 Å². The van der Waals surface area contributed by atoms with E-state index in [1.165, 1.54) is 32.1 Å².